The first-order chi connectivity index (χ1) is 9.80. The van der Waals surface area contributed by atoms with Crippen molar-refractivity contribution in [3.63, 3.8) is 0 Å². The Kier molecular flexibility index (Phi) is 4.16. The van der Waals surface area contributed by atoms with Gasteiger partial charge in [-0.25, -0.2) is 0 Å². The van der Waals surface area contributed by atoms with Crippen molar-refractivity contribution < 1.29 is 9.32 Å². The van der Waals surface area contributed by atoms with Crippen molar-refractivity contribution in [2.24, 2.45) is 5.41 Å². The van der Waals surface area contributed by atoms with Gasteiger partial charge in [0.15, 0.2) is 0 Å². The van der Waals surface area contributed by atoms with E-state index in [0.29, 0.717) is 17.0 Å². The molecule has 1 aromatic heterocycles. The van der Waals surface area contributed by atoms with E-state index in [1.54, 1.807) is 6.92 Å². The highest BCUT2D eigenvalue weighted by Crippen LogP contribution is 2.26. The Hall–Kier alpha value is -2.10. The molecule has 1 heterocycles. The summed E-state index contributed by atoms with van der Waals surface area (Å²) in [6.45, 7) is 10.0. The number of carbonyl (C=O) groups excluding carboxylic acids is 1. The van der Waals surface area contributed by atoms with Gasteiger partial charge >= 0.3 is 0 Å². The number of aryl methyl sites for hydroxylation is 1. The maximum Gasteiger partial charge on any atom is 0.257 e. The Labute approximate surface area is 125 Å². The number of nitrogens with zero attached hydrogens (tertiary/aromatic N) is 1. The standard InChI is InChI=1S/C17H22N2O2/c1-11-14(16(20)18-12(2)17(3,4)5)15(19-21-11)13-9-7-6-8-10-13/h6-10,12H,1-5H3,(H,18,20)/t12-/m1/s1. The number of aromatic nitrogens is 1. The molecule has 4 heteroatoms. The van der Waals surface area contributed by atoms with Crippen molar-refractivity contribution in [3.8, 4) is 11.3 Å². The second-order valence-corrected chi connectivity index (χ2v) is 6.39. The average molecular weight is 286 g/mol. The Morgan fingerprint density at radius 1 is 1.24 bits per heavy atom. The molecule has 0 aliphatic rings. The van der Waals surface area contributed by atoms with E-state index in [1.807, 2.05) is 37.3 Å². The first kappa shape index (κ1) is 15.3. The molecule has 1 aromatic carbocycles. The molecule has 1 N–H and O–H groups in total. The lowest BCUT2D eigenvalue weighted by Crippen LogP contribution is -2.41. The Morgan fingerprint density at radius 3 is 2.43 bits per heavy atom. The fourth-order valence-electron chi connectivity index (χ4n) is 1.92. The molecule has 0 unspecified atom stereocenters. The minimum atomic E-state index is -0.143. The number of nitrogens with one attached hydrogen (secondary N) is 1. The molecule has 112 valence electrons. The van der Waals surface area contributed by atoms with Crippen LogP contribution in [0.3, 0.4) is 0 Å². The van der Waals surface area contributed by atoms with Gasteiger partial charge in [-0.1, -0.05) is 56.3 Å². The van der Waals surface area contributed by atoms with Crippen LogP contribution in [0.15, 0.2) is 34.9 Å². The largest absolute Gasteiger partial charge is 0.360 e. The summed E-state index contributed by atoms with van der Waals surface area (Å²) in [5.41, 5.74) is 1.97. The third-order valence-electron chi connectivity index (χ3n) is 3.78. The summed E-state index contributed by atoms with van der Waals surface area (Å²) in [5.74, 6) is 0.391. The van der Waals surface area contributed by atoms with E-state index in [9.17, 15) is 4.79 Å². The van der Waals surface area contributed by atoms with Gasteiger partial charge in [0.1, 0.15) is 17.0 Å². The quantitative estimate of drug-likeness (QED) is 0.933. The molecule has 0 bridgehead atoms. The summed E-state index contributed by atoms with van der Waals surface area (Å²) in [4.78, 5) is 12.6. The average Bonchev–Trinajstić information content (AvgIpc) is 2.80. The van der Waals surface area contributed by atoms with Crippen molar-refractivity contribution in [1.82, 2.24) is 10.5 Å². The second-order valence-electron chi connectivity index (χ2n) is 6.39. The van der Waals surface area contributed by atoms with Crippen molar-refractivity contribution >= 4 is 5.91 Å². The zero-order chi connectivity index (χ0) is 15.6. The zero-order valence-electron chi connectivity index (χ0n) is 13.2. The molecule has 2 aromatic rings. The molecule has 0 saturated carbocycles. The molecular formula is C17H22N2O2. The number of rotatable bonds is 3. The number of hydrogen-bond acceptors (Lipinski definition) is 3. The fraction of sp³-hybridized carbons (Fsp3) is 0.412. The molecule has 0 saturated heterocycles. The highest BCUT2D eigenvalue weighted by molar-refractivity contribution is 6.00. The topological polar surface area (TPSA) is 55.1 Å². The van der Waals surface area contributed by atoms with Crippen molar-refractivity contribution in [2.75, 3.05) is 0 Å². The van der Waals surface area contributed by atoms with Crippen molar-refractivity contribution in [3.05, 3.63) is 41.7 Å². The summed E-state index contributed by atoms with van der Waals surface area (Å²) < 4.78 is 5.23. The van der Waals surface area contributed by atoms with Gasteiger partial charge in [-0.15, -0.1) is 0 Å². The van der Waals surface area contributed by atoms with Gasteiger partial charge in [-0.05, 0) is 19.3 Å². The van der Waals surface area contributed by atoms with Crippen LogP contribution in [-0.2, 0) is 0 Å². The molecule has 0 radical (unpaired) electrons. The highest BCUT2D eigenvalue weighted by atomic mass is 16.5. The van der Waals surface area contributed by atoms with Gasteiger partial charge in [0.2, 0.25) is 0 Å². The van der Waals surface area contributed by atoms with E-state index in [1.165, 1.54) is 0 Å². The molecule has 1 amide bonds. The Balaban J connectivity index is 2.32. The third-order valence-corrected chi connectivity index (χ3v) is 3.78. The lowest BCUT2D eigenvalue weighted by Gasteiger charge is -2.28. The summed E-state index contributed by atoms with van der Waals surface area (Å²) >= 11 is 0. The maximum absolute atomic E-state index is 12.6. The molecule has 1 atom stereocenters. The fourth-order valence-corrected chi connectivity index (χ4v) is 1.92. The van der Waals surface area contributed by atoms with E-state index >= 15 is 0 Å². The number of amides is 1. The third kappa shape index (κ3) is 3.32. The van der Waals surface area contributed by atoms with Crippen LogP contribution in [0.25, 0.3) is 11.3 Å². The number of hydrogen-bond donors (Lipinski definition) is 1. The molecule has 2 rings (SSSR count). The Bertz CT molecular complexity index is 624. The predicted octanol–water partition coefficient (Wildman–Crippen LogP) is 3.81. The summed E-state index contributed by atoms with van der Waals surface area (Å²) in [6, 6.07) is 9.64. The minimum absolute atomic E-state index is 0.00631. The van der Waals surface area contributed by atoms with Crippen LogP contribution in [-0.4, -0.2) is 17.1 Å². The number of benzene rings is 1. The van der Waals surface area contributed by atoms with E-state index < -0.39 is 0 Å². The smallest absolute Gasteiger partial charge is 0.257 e. The molecule has 0 spiro atoms. The highest BCUT2D eigenvalue weighted by Gasteiger charge is 2.26. The molecule has 4 nitrogen and oxygen atoms in total. The molecule has 21 heavy (non-hydrogen) atoms. The number of carbonyl (C=O) groups is 1. The lowest BCUT2D eigenvalue weighted by molar-refractivity contribution is 0.0909. The zero-order valence-corrected chi connectivity index (χ0v) is 13.2. The van der Waals surface area contributed by atoms with Crippen molar-refractivity contribution in [1.29, 1.82) is 0 Å². The minimum Gasteiger partial charge on any atom is -0.360 e. The van der Waals surface area contributed by atoms with Crippen LogP contribution in [0.2, 0.25) is 0 Å². The van der Waals surface area contributed by atoms with E-state index in [0.717, 1.165) is 5.56 Å². The SMILES string of the molecule is Cc1onc(-c2ccccc2)c1C(=O)N[C@H](C)C(C)(C)C. The monoisotopic (exact) mass is 286 g/mol. The first-order valence-electron chi connectivity index (χ1n) is 7.13. The summed E-state index contributed by atoms with van der Waals surface area (Å²) in [7, 11) is 0. The van der Waals surface area contributed by atoms with Crippen molar-refractivity contribution in [2.45, 2.75) is 40.7 Å². The van der Waals surface area contributed by atoms with Gasteiger partial charge in [0, 0.05) is 11.6 Å². The van der Waals surface area contributed by atoms with Crippen LogP contribution >= 0.6 is 0 Å². The first-order valence-corrected chi connectivity index (χ1v) is 7.13. The van der Waals surface area contributed by atoms with E-state index in [-0.39, 0.29) is 17.4 Å². The molecular weight excluding hydrogens is 264 g/mol. The van der Waals surface area contributed by atoms with Gasteiger partial charge < -0.3 is 9.84 Å². The van der Waals surface area contributed by atoms with Gasteiger partial charge in [-0.3, -0.25) is 4.79 Å². The summed E-state index contributed by atoms with van der Waals surface area (Å²) in [6.07, 6.45) is 0. The van der Waals surface area contributed by atoms with Crippen LogP contribution < -0.4 is 5.32 Å². The van der Waals surface area contributed by atoms with Crippen LogP contribution in [0.4, 0.5) is 0 Å². The summed E-state index contributed by atoms with van der Waals surface area (Å²) in [5, 5.41) is 7.07. The maximum atomic E-state index is 12.6. The molecule has 0 aliphatic heterocycles. The van der Waals surface area contributed by atoms with Gasteiger partial charge in [0.05, 0.1) is 0 Å². The molecule has 0 fully saturated rings. The van der Waals surface area contributed by atoms with E-state index in [2.05, 4.69) is 31.2 Å². The predicted molar refractivity (Wildman–Crippen MR) is 83.1 cm³/mol. The van der Waals surface area contributed by atoms with E-state index in [4.69, 9.17) is 4.52 Å². The van der Waals surface area contributed by atoms with Crippen LogP contribution in [0, 0.1) is 12.3 Å². The normalized spacial score (nSPS) is 13.0. The van der Waals surface area contributed by atoms with Crippen LogP contribution in [0.5, 0.6) is 0 Å². The molecule has 0 aliphatic carbocycles. The van der Waals surface area contributed by atoms with Crippen LogP contribution in [0.1, 0.15) is 43.8 Å². The Morgan fingerprint density at radius 2 is 1.86 bits per heavy atom. The van der Waals surface area contributed by atoms with Gasteiger partial charge in [0.25, 0.3) is 5.91 Å². The second kappa shape index (κ2) is 5.72. The lowest BCUT2D eigenvalue weighted by atomic mass is 9.88. The van der Waals surface area contributed by atoms with Gasteiger partial charge in [-0.2, -0.15) is 0 Å².